The average molecular weight is 219 g/mol. The topological polar surface area (TPSA) is 40.5 Å². The van der Waals surface area contributed by atoms with Crippen molar-refractivity contribution < 1.29 is 9.90 Å². The molecule has 0 amide bonds. The molecule has 0 aromatic heterocycles. The van der Waals surface area contributed by atoms with Gasteiger partial charge in [-0.2, -0.15) is 0 Å². The average Bonchev–Trinajstić information content (AvgIpc) is 2.78. The summed E-state index contributed by atoms with van der Waals surface area (Å²) in [5.41, 5.74) is 1.26. The Labute approximate surface area is 95.7 Å². The lowest BCUT2D eigenvalue weighted by atomic mass is 10.1. The van der Waals surface area contributed by atoms with Crippen LogP contribution in [0.25, 0.3) is 0 Å². The molecule has 1 unspecified atom stereocenters. The minimum Gasteiger partial charge on any atom is -0.481 e. The molecular formula is C13H17NO2. The van der Waals surface area contributed by atoms with Crippen molar-refractivity contribution >= 4 is 5.97 Å². The molecule has 1 heterocycles. The zero-order chi connectivity index (χ0) is 11.5. The van der Waals surface area contributed by atoms with E-state index in [9.17, 15) is 4.79 Å². The van der Waals surface area contributed by atoms with E-state index in [2.05, 4.69) is 24.0 Å². The predicted molar refractivity (Wildman–Crippen MR) is 62.2 cm³/mol. The Kier molecular flexibility index (Phi) is 3.25. The maximum atomic E-state index is 10.9. The Bertz CT molecular complexity index is 363. The van der Waals surface area contributed by atoms with Crippen molar-refractivity contribution in [1.29, 1.82) is 0 Å². The van der Waals surface area contributed by atoms with Crippen molar-refractivity contribution in [1.82, 2.24) is 4.90 Å². The van der Waals surface area contributed by atoms with Gasteiger partial charge in [0, 0.05) is 12.6 Å². The molecule has 1 N–H and O–H groups in total. The number of benzene rings is 1. The van der Waals surface area contributed by atoms with E-state index in [1.54, 1.807) is 0 Å². The fourth-order valence-corrected chi connectivity index (χ4v) is 2.28. The number of rotatable bonds is 3. The normalized spacial score (nSPS) is 23.2. The summed E-state index contributed by atoms with van der Waals surface area (Å²) in [4.78, 5) is 13.1. The maximum absolute atomic E-state index is 10.9. The minimum absolute atomic E-state index is 0.189. The zero-order valence-corrected chi connectivity index (χ0v) is 9.47. The van der Waals surface area contributed by atoms with Gasteiger partial charge in [0.1, 0.15) is 0 Å². The fraction of sp³-hybridized carbons (Fsp3) is 0.462. The summed E-state index contributed by atoms with van der Waals surface area (Å²) in [5, 5.41) is 8.96. The lowest BCUT2D eigenvalue weighted by molar-refractivity contribution is -0.141. The molecule has 2 atom stereocenters. The van der Waals surface area contributed by atoms with Crippen LogP contribution in [-0.4, -0.2) is 29.1 Å². The number of hydrogen-bond acceptors (Lipinski definition) is 2. The van der Waals surface area contributed by atoms with Crippen molar-refractivity contribution in [2.45, 2.75) is 19.4 Å². The molecule has 1 aromatic rings. The quantitative estimate of drug-likeness (QED) is 0.846. The molecule has 1 aromatic carbocycles. The van der Waals surface area contributed by atoms with Crippen molar-refractivity contribution in [3.63, 3.8) is 0 Å². The Hall–Kier alpha value is -1.35. The first-order valence-electron chi connectivity index (χ1n) is 5.70. The van der Waals surface area contributed by atoms with Crippen LogP contribution < -0.4 is 0 Å². The molecule has 3 nitrogen and oxygen atoms in total. The van der Waals surface area contributed by atoms with Gasteiger partial charge in [0.2, 0.25) is 0 Å². The van der Waals surface area contributed by atoms with Crippen LogP contribution in [0.2, 0.25) is 0 Å². The van der Waals surface area contributed by atoms with Crippen LogP contribution in [-0.2, 0) is 4.79 Å². The summed E-state index contributed by atoms with van der Waals surface area (Å²) in [6, 6.07) is 10.6. The first kappa shape index (κ1) is 11.1. The highest BCUT2D eigenvalue weighted by Crippen LogP contribution is 2.27. The van der Waals surface area contributed by atoms with Gasteiger partial charge in [0.25, 0.3) is 0 Å². The van der Waals surface area contributed by atoms with Gasteiger partial charge < -0.3 is 5.11 Å². The first-order valence-corrected chi connectivity index (χ1v) is 5.70. The summed E-state index contributed by atoms with van der Waals surface area (Å²) in [6.45, 7) is 3.69. The number of carbonyl (C=O) groups is 1. The van der Waals surface area contributed by atoms with E-state index in [-0.39, 0.29) is 5.92 Å². The van der Waals surface area contributed by atoms with Crippen LogP contribution in [0.3, 0.4) is 0 Å². The lowest BCUT2D eigenvalue weighted by Crippen LogP contribution is -2.26. The third kappa shape index (κ3) is 2.25. The molecule has 0 saturated carbocycles. The Morgan fingerprint density at radius 1 is 1.44 bits per heavy atom. The molecule has 16 heavy (non-hydrogen) atoms. The molecule has 0 aliphatic carbocycles. The van der Waals surface area contributed by atoms with Gasteiger partial charge in [-0.05, 0) is 25.5 Å². The summed E-state index contributed by atoms with van der Waals surface area (Å²) in [6.07, 6.45) is 0.770. The monoisotopic (exact) mass is 219 g/mol. The lowest BCUT2D eigenvalue weighted by Gasteiger charge is -2.24. The van der Waals surface area contributed by atoms with Crippen molar-refractivity contribution in [3.05, 3.63) is 35.9 Å². The fourth-order valence-electron chi connectivity index (χ4n) is 2.28. The molecule has 1 aliphatic heterocycles. The molecule has 0 spiro atoms. The summed E-state index contributed by atoms with van der Waals surface area (Å²) >= 11 is 0. The van der Waals surface area contributed by atoms with E-state index in [0.29, 0.717) is 12.6 Å². The van der Waals surface area contributed by atoms with E-state index >= 15 is 0 Å². The third-order valence-corrected chi connectivity index (χ3v) is 3.40. The Morgan fingerprint density at radius 3 is 2.69 bits per heavy atom. The molecule has 1 fully saturated rings. The predicted octanol–water partition coefficient (Wildman–Crippen LogP) is 2.15. The highest BCUT2D eigenvalue weighted by Gasteiger charge is 2.30. The van der Waals surface area contributed by atoms with Crippen LogP contribution in [0.15, 0.2) is 30.3 Å². The van der Waals surface area contributed by atoms with Gasteiger partial charge in [-0.25, -0.2) is 0 Å². The summed E-state index contributed by atoms with van der Waals surface area (Å²) in [7, 11) is 0. The number of nitrogens with zero attached hydrogens (tertiary/aromatic N) is 1. The molecule has 0 radical (unpaired) electrons. The van der Waals surface area contributed by atoms with E-state index < -0.39 is 5.97 Å². The number of carboxylic acids is 1. The highest BCUT2D eigenvalue weighted by molar-refractivity contribution is 5.70. The van der Waals surface area contributed by atoms with Gasteiger partial charge >= 0.3 is 5.97 Å². The second-order valence-electron chi connectivity index (χ2n) is 4.41. The maximum Gasteiger partial charge on any atom is 0.307 e. The summed E-state index contributed by atoms with van der Waals surface area (Å²) in [5.74, 6) is -0.853. The van der Waals surface area contributed by atoms with Crippen LogP contribution >= 0.6 is 0 Å². The second kappa shape index (κ2) is 4.66. The molecule has 1 aliphatic rings. The number of hydrogen-bond donors (Lipinski definition) is 1. The van der Waals surface area contributed by atoms with Gasteiger partial charge in [0.05, 0.1) is 5.92 Å². The van der Waals surface area contributed by atoms with Crippen molar-refractivity contribution in [3.8, 4) is 0 Å². The number of carboxylic acid groups (broad SMARTS) is 1. The largest absolute Gasteiger partial charge is 0.481 e. The SMILES string of the molecule is CC(c1ccccc1)N1CC[C@@H](C(=O)O)C1. The second-order valence-corrected chi connectivity index (χ2v) is 4.41. The molecule has 2 rings (SSSR count). The standard InChI is InChI=1S/C13H17NO2/c1-10(11-5-3-2-4-6-11)14-8-7-12(9-14)13(15)16/h2-6,10,12H,7-9H2,1H3,(H,15,16)/t10?,12-/m1/s1. The van der Waals surface area contributed by atoms with E-state index in [1.807, 2.05) is 18.2 Å². The molecular weight excluding hydrogens is 202 g/mol. The van der Waals surface area contributed by atoms with Crippen molar-refractivity contribution in [2.24, 2.45) is 5.92 Å². The molecule has 0 bridgehead atoms. The minimum atomic E-state index is -0.664. The number of likely N-dealkylation sites (tertiary alicyclic amines) is 1. The van der Waals surface area contributed by atoms with E-state index in [4.69, 9.17) is 5.11 Å². The molecule has 1 saturated heterocycles. The number of aliphatic carboxylic acids is 1. The van der Waals surface area contributed by atoms with Crippen molar-refractivity contribution in [2.75, 3.05) is 13.1 Å². The van der Waals surface area contributed by atoms with Crippen LogP contribution in [0, 0.1) is 5.92 Å². The van der Waals surface area contributed by atoms with E-state index in [0.717, 1.165) is 13.0 Å². The van der Waals surface area contributed by atoms with Crippen LogP contribution in [0.4, 0.5) is 0 Å². The zero-order valence-electron chi connectivity index (χ0n) is 9.47. The third-order valence-electron chi connectivity index (χ3n) is 3.40. The van der Waals surface area contributed by atoms with Crippen LogP contribution in [0.5, 0.6) is 0 Å². The van der Waals surface area contributed by atoms with Gasteiger partial charge in [-0.3, -0.25) is 9.69 Å². The molecule has 86 valence electrons. The highest BCUT2D eigenvalue weighted by atomic mass is 16.4. The van der Waals surface area contributed by atoms with Gasteiger partial charge in [0.15, 0.2) is 0 Å². The molecule has 3 heteroatoms. The first-order chi connectivity index (χ1) is 7.68. The summed E-state index contributed by atoms with van der Waals surface area (Å²) < 4.78 is 0. The smallest absolute Gasteiger partial charge is 0.307 e. The van der Waals surface area contributed by atoms with E-state index in [1.165, 1.54) is 5.56 Å². The Balaban J connectivity index is 2.02. The van der Waals surface area contributed by atoms with Gasteiger partial charge in [-0.15, -0.1) is 0 Å². The van der Waals surface area contributed by atoms with Gasteiger partial charge in [-0.1, -0.05) is 30.3 Å². The van der Waals surface area contributed by atoms with Crippen LogP contribution in [0.1, 0.15) is 24.9 Å². The Morgan fingerprint density at radius 2 is 2.12 bits per heavy atom.